The smallest absolute Gasteiger partial charge is 0.249 e. The summed E-state index contributed by atoms with van der Waals surface area (Å²) in [7, 11) is -3.47. The third-order valence-corrected chi connectivity index (χ3v) is 5.91. The largest absolute Gasteiger partial charge is 0.476 e. The van der Waals surface area contributed by atoms with E-state index < -0.39 is 32.1 Å². The number of alkyl halides is 1. The van der Waals surface area contributed by atoms with Gasteiger partial charge in [0, 0.05) is 0 Å². The summed E-state index contributed by atoms with van der Waals surface area (Å²) in [5.41, 5.74) is 0.355. The van der Waals surface area contributed by atoms with Gasteiger partial charge in [0.15, 0.2) is 15.2 Å². The molecule has 1 fully saturated rings. The van der Waals surface area contributed by atoms with Crippen molar-refractivity contribution in [3.05, 3.63) is 11.3 Å². The van der Waals surface area contributed by atoms with Crippen LogP contribution in [-0.2, 0) is 19.4 Å². The molecule has 8 heteroatoms. The average molecular weight is 338 g/mol. The fourth-order valence-electron chi connectivity index (χ4n) is 2.27. The summed E-state index contributed by atoms with van der Waals surface area (Å²) in [5, 5.41) is -1.94. The fraction of sp³-hybridized carbons (Fsp3) is 0.667. The average Bonchev–Trinajstić information content (AvgIpc) is 2.23. The number of hydrogen-bond donors (Lipinski definition) is 0. The molecule has 1 amide bonds. The van der Waals surface area contributed by atoms with Crippen LogP contribution in [0.25, 0.3) is 0 Å². The molecule has 0 aromatic heterocycles. The van der Waals surface area contributed by atoms with Crippen LogP contribution in [0.15, 0.2) is 11.3 Å². The Bertz CT molecular complexity index is 618. The molecule has 0 aliphatic carbocycles. The summed E-state index contributed by atoms with van der Waals surface area (Å²) in [6.07, 6.45) is 0. The number of sulfone groups is 1. The highest BCUT2D eigenvalue weighted by Gasteiger charge is 2.58. The van der Waals surface area contributed by atoms with Gasteiger partial charge < -0.3 is 4.74 Å². The lowest BCUT2D eigenvalue weighted by atomic mass is 10.1. The first kappa shape index (κ1) is 15.7. The lowest BCUT2D eigenvalue weighted by molar-refractivity contribution is -0.138. The Hall–Kier alpha value is -0.660. The molecule has 2 aliphatic heterocycles. The number of fused-ring (bicyclic) bond motifs is 1. The maximum absolute atomic E-state index is 12.1. The molecule has 1 unspecified atom stereocenters. The van der Waals surface area contributed by atoms with Crippen LogP contribution < -0.4 is 0 Å². The number of carbonyl (C=O) groups is 1. The molecule has 0 aromatic rings. The number of thiocarbonyl (C=S) groups is 1. The molecular weight excluding hydrogens is 322 g/mol. The van der Waals surface area contributed by atoms with Gasteiger partial charge in [0.25, 0.3) is 0 Å². The van der Waals surface area contributed by atoms with Crippen molar-refractivity contribution in [3.8, 4) is 0 Å². The number of ether oxygens (including phenoxy) is 1. The molecule has 0 saturated carbocycles. The molecule has 2 heterocycles. The minimum atomic E-state index is -3.47. The minimum Gasteiger partial charge on any atom is -0.476 e. The van der Waals surface area contributed by atoms with Crippen molar-refractivity contribution >= 4 is 44.6 Å². The molecule has 2 atom stereocenters. The van der Waals surface area contributed by atoms with Gasteiger partial charge in [-0.2, -0.15) is 0 Å². The molecule has 1 saturated heterocycles. The number of amides is 1. The van der Waals surface area contributed by atoms with Crippen LogP contribution in [0.4, 0.5) is 0 Å². The molecular formula is C12H16ClNO4S2. The number of rotatable bonds is 1. The Labute approximate surface area is 128 Å². The third-order valence-electron chi connectivity index (χ3n) is 3.00. The van der Waals surface area contributed by atoms with Gasteiger partial charge >= 0.3 is 0 Å². The molecule has 20 heavy (non-hydrogen) atoms. The van der Waals surface area contributed by atoms with E-state index in [1.807, 2.05) is 20.8 Å². The number of carbonyl (C=O) groups excluding carboxylic acids is 1. The maximum atomic E-state index is 12.1. The Balaban J connectivity index is 2.42. The first-order valence-corrected chi connectivity index (χ1v) is 8.63. The van der Waals surface area contributed by atoms with Crippen molar-refractivity contribution in [2.24, 2.45) is 0 Å². The summed E-state index contributed by atoms with van der Waals surface area (Å²) in [6.45, 7) is 7.12. The zero-order valence-electron chi connectivity index (χ0n) is 11.6. The normalized spacial score (nSPS) is 28.9. The summed E-state index contributed by atoms with van der Waals surface area (Å²) in [6, 6.07) is 0. The summed E-state index contributed by atoms with van der Waals surface area (Å²) >= 11 is 11.0. The highest BCUT2D eigenvalue weighted by atomic mass is 35.5. The monoisotopic (exact) mass is 337 g/mol. The van der Waals surface area contributed by atoms with Crippen LogP contribution in [0.1, 0.15) is 27.7 Å². The van der Waals surface area contributed by atoms with E-state index in [1.54, 1.807) is 6.92 Å². The quantitative estimate of drug-likeness (QED) is 0.413. The molecule has 0 bridgehead atoms. The predicted octanol–water partition coefficient (Wildman–Crippen LogP) is 1.61. The SMILES string of the molecule is CC1=C(C(=S)OC(C)(C)C)N2C(=O)[C@H](Cl)C2S(=O)(=O)C1. The van der Waals surface area contributed by atoms with E-state index in [0.717, 1.165) is 4.90 Å². The second kappa shape index (κ2) is 4.68. The Morgan fingerprint density at radius 1 is 1.45 bits per heavy atom. The maximum Gasteiger partial charge on any atom is 0.249 e. The summed E-state index contributed by atoms with van der Waals surface area (Å²) < 4.78 is 29.7. The van der Waals surface area contributed by atoms with Gasteiger partial charge in [-0.3, -0.25) is 9.69 Å². The summed E-state index contributed by atoms with van der Waals surface area (Å²) in [5.74, 6) is -0.609. The van der Waals surface area contributed by atoms with Crippen LogP contribution in [-0.4, -0.2) is 46.4 Å². The van der Waals surface area contributed by atoms with Crippen molar-refractivity contribution in [2.75, 3.05) is 5.75 Å². The van der Waals surface area contributed by atoms with Crippen LogP contribution in [0.5, 0.6) is 0 Å². The van der Waals surface area contributed by atoms with E-state index in [1.165, 1.54) is 0 Å². The number of nitrogens with zero attached hydrogens (tertiary/aromatic N) is 1. The minimum absolute atomic E-state index is 0.131. The second-order valence-corrected chi connectivity index (χ2v) is 8.88. The van der Waals surface area contributed by atoms with Crippen molar-refractivity contribution in [3.63, 3.8) is 0 Å². The van der Waals surface area contributed by atoms with Crippen molar-refractivity contribution in [1.29, 1.82) is 0 Å². The first-order valence-electron chi connectivity index (χ1n) is 6.07. The third kappa shape index (κ3) is 2.46. The first-order chi connectivity index (χ1) is 8.96. The van der Waals surface area contributed by atoms with E-state index in [9.17, 15) is 13.2 Å². The number of hydrogen-bond acceptors (Lipinski definition) is 5. The van der Waals surface area contributed by atoms with Crippen LogP contribution in [0, 0.1) is 0 Å². The molecule has 0 radical (unpaired) electrons. The van der Waals surface area contributed by atoms with Crippen molar-refractivity contribution in [1.82, 2.24) is 4.90 Å². The molecule has 2 rings (SSSR count). The molecule has 0 N–H and O–H groups in total. The molecule has 112 valence electrons. The van der Waals surface area contributed by atoms with E-state index in [-0.39, 0.29) is 10.8 Å². The molecule has 2 aliphatic rings. The van der Waals surface area contributed by atoms with Gasteiger partial charge in [-0.05, 0) is 45.5 Å². The highest BCUT2D eigenvalue weighted by Crippen LogP contribution is 2.40. The predicted molar refractivity (Wildman–Crippen MR) is 80.2 cm³/mol. The molecule has 5 nitrogen and oxygen atoms in total. The fourth-order valence-corrected chi connectivity index (χ4v) is 5.40. The lowest BCUT2D eigenvalue weighted by Gasteiger charge is -2.47. The Kier molecular flexibility index (Phi) is 3.68. The number of halogens is 1. The highest BCUT2D eigenvalue weighted by molar-refractivity contribution is 7.92. The second-order valence-electron chi connectivity index (χ2n) is 5.94. The topological polar surface area (TPSA) is 63.7 Å². The van der Waals surface area contributed by atoms with Gasteiger partial charge in [0.2, 0.25) is 11.0 Å². The van der Waals surface area contributed by atoms with Gasteiger partial charge in [-0.1, -0.05) is 0 Å². The van der Waals surface area contributed by atoms with Crippen LogP contribution >= 0.6 is 23.8 Å². The van der Waals surface area contributed by atoms with E-state index in [4.69, 9.17) is 28.6 Å². The van der Waals surface area contributed by atoms with Gasteiger partial charge in [-0.15, -0.1) is 11.6 Å². The molecule has 0 aromatic carbocycles. The van der Waals surface area contributed by atoms with Gasteiger partial charge in [0.1, 0.15) is 11.0 Å². The van der Waals surface area contributed by atoms with Crippen LogP contribution in [0.3, 0.4) is 0 Å². The Morgan fingerprint density at radius 2 is 2.00 bits per heavy atom. The van der Waals surface area contributed by atoms with E-state index in [2.05, 4.69) is 0 Å². The van der Waals surface area contributed by atoms with Crippen molar-refractivity contribution in [2.45, 2.75) is 44.0 Å². The number of β-lactam (4-membered cyclic amide) rings is 1. The van der Waals surface area contributed by atoms with Gasteiger partial charge in [0.05, 0.1) is 11.4 Å². The van der Waals surface area contributed by atoms with E-state index >= 15 is 0 Å². The zero-order chi connectivity index (χ0) is 15.5. The van der Waals surface area contributed by atoms with E-state index in [0.29, 0.717) is 11.3 Å². The van der Waals surface area contributed by atoms with Crippen molar-refractivity contribution < 1.29 is 17.9 Å². The lowest BCUT2D eigenvalue weighted by Crippen LogP contribution is -2.68. The molecule has 0 spiro atoms. The standard InChI is InChI=1S/C12H16ClNO4S2/c1-6-5-20(16,17)10-7(13)9(15)14(10)8(6)11(19)18-12(2,3)4/h7,10H,5H2,1-4H3/t7-,10?/m0/s1. The zero-order valence-corrected chi connectivity index (χ0v) is 14.0. The van der Waals surface area contributed by atoms with Gasteiger partial charge in [-0.25, -0.2) is 8.42 Å². The van der Waals surface area contributed by atoms with Crippen LogP contribution in [0.2, 0.25) is 0 Å². The summed E-state index contributed by atoms with van der Waals surface area (Å²) in [4.78, 5) is 13.0. The Morgan fingerprint density at radius 3 is 2.50 bits per heavy atom.